The molecule has 110 valence electrons. The lowest BCUT2D eigenvalue weighted by Crippen LogP contribution is -2.43. The van der Waals surface area contributed by atoms with Crippen LogP contribution in [0.4, 0.5) is 0 Å². The lowest BCUT2D eigenvalue weighted by atomic mass is 9.94. The summed E-state index contributed by atoms with van der Waals surface area (Å²) in [4.78, 5) is 34.1. The van der Waals surface area contributed by atoms with Crippen molar-refractivity contribution in [3.63, 3.8) is 0 Å². The molecule has 7 nitrogen and oxygen atoms in total. The molecule has 0 spiro atoms. The van der Waals surface area contributed by atoms with Gasteiger partial charge in [-0.25, -0.2) is 5.84 Å². The Hall–Kier alpha value is -1.47. The Bertz CT molecular complexity index is 318. The molecule has 0 heterocycles. The largest absolute Gasteiger partial charge is 0.370 e. The first-order valence-electron chi connectivity index (χ1n) is 6.48. The maximum Gasteiger partial charge on any atom is 0.272 e. The van der Waals surface area contributed by atoms with Crippen LogP contribution in [0, 0.1) is 5.92 Å². The van der Waals surface area contributed by atoms with E-state index in [-0.39, 0.29) is 11.6 Å². The number of hydrogen-bond donors (Lipinski definition) is 3. The third-order valence-corrected chi connectivity index (χ3v) is 2.84. The van der Waals surface area contributed by atoms with E-state index < -0.39 is 29.9 Å². The number of rotatable bonds is 10. The van der Waals surface area contributed by atoms with Crippen LogP contribution >= 0.6 is 0 Å². The van der Waals surface area contributed by atoms with E-state index in [1.807, 2.05) is 0 Å². The highest BCUT2D eigenvalue weighted by molar-refractivity contribution is 6.03. The van der Waals surface area contributed by atoms with Gasteiger partial charge in [0, 0.05) is 12.8 Å². The Morgan fingerprint density at radius 1 is 1.16 bits per heavy atom. The average molecular weight is 273 g/mol. The van der Waals surface area contributed by atoms with Crippen LogP contribution in [0.25, 0.3) is 0 Å². The number of ketones is 1. The Kier molecular flexibility index (Phi) is 8.73. The molecule has 0 fully saturated rings. The number of hydrazine groups is 1. The Balaban J connectivity index is 4.31. The Labute approximate surface area is 112 Å². The van der Waals surface area contributed by atoms with Crippen molar-refractivity contribution in [1.29, 1.82) is 0 Å². The molecule has 0 aliphatic rings. The van der Waals surface area contributed by atoms with E-state index in [9.17, 15) is 14.4 Å². The molecule has 7 heteroatoms. The van der Waals surface area contributed by atoms with Gasteiger partial charge in [-0.2, -0.15) is 5.17 Å². The van der Waals surface area contributed by atoms with Crippen molar-refractivity contribution >= 4 is 17.6 Å². The van der Waals surface area contributed by atoms with Crippen LogP contribution in [0.2, 0.25) is 0 Å². The highest BCUT2D eigenvalue weighted by Crippen LogP contribution is 2.13. The first kappa shape index (κ1) is 17.5. The number of amides is 2. The van der Waals surface area contributed by atoms with Gasteiger partial charge in [-0.3, -0.25) is 19.6 Å². The zero-order valence-corrected chi connectivity index (χ0v) is 11.3. The van der Waals surface area contributed by atoms with Crippen LogP contribution in [0.3, 0.4) is 0 Å². The summed E-state index contributed by atoms with van der Waals surface area (Å²) in [7, 11) is 0. The Morgan fingerprint density at radius 3 is 2.21 bits per heavy atom. The van der Waals surface area contributed by atoms with Gasteiger partial charge in [0.15, 0.2) is 0 Å². The van der Waals surface area contributed by atoms with Gasteiger partial charge in [0.05, 0.1) is 0 Å². The average Bonchev–Trinajstić information content (AvgIpc) is 2.34. The maximum absolute atomic E-state index is 11.8. The molecule has 2 amide bonds. The van der Waals surface area contributed by atoms with E-state index >= 15 is 0 Å². The predicted octanol–water partition coefficient (Wildman–Crippen LogP) is 0.499. The van der Waals surface area contributed by atoms with Gasteiger partial charge >= 0.3 is 0 Å². The van der Waals surface area contributed by atoms with E-state index in [2.05, 4.69) is 6.92 Å². The molecular weight excluding hydrogens is 250 g/mol. The zero-order valence-electron chi connectivity index (χ0n) is 11.3. The molecule has 0 aromatic rings. The number of nitrogens with zero attached hydrogens (tertiary/aromatic N) is 1. The van der Waals surface area contributed by atoms with Crippen molar-refractivity contribution < 1.29 is 19.6 Å². The molecule has 0 saturated carbocycles. The number of Topliss-reactive ketones (excluding diaryl/α,β-unsaturated/α-hetero) is 1. The number of nitrogens with two attached hydrogens (primary N) is 2. The third-order valence-electron chi connectivity index (χ3n) is 2.84. The topological polar surface area (TPSA) is 127 Å². The van der Waals surface area contributed by atoms with Crippen molar-refractivity contribution in [2.24, 2.45) is 17.5 Å². The summed E-state index contributed by atoms with van der Waals surface area (Å²) in [6, 6.07) is 0. The van der Waals surface area contributed by atoms with E-state index in [1.165, 1.54) is 0 Å². The normalized spacial score (nSPS) is 11.9. The summed E-state index contributed by atoms with van der Waals surface area (Å²) in [5.74, 6) is 1.41. The molecule has 0 aromatic carbocycles. The molecule has 0 bridgehead atoms. The van der Waals surface area contributed by atoms with E-state index in [1.54, 1.807) is 0 Å². The molecule has 1 atom stereocenters. The lowest BCUT2D eigenvalue weighted by Gasteiger charge is -2.16. The first-order valence-corrected chi connectivity index (χ1v) is 6.48. The smallest absolute Gasteiger partial charge is 0.272 e. The van der Waals surface area contributed by atoms with E-state index in [0.717, 1.165) is 25.7 Å². The van der Waals surface area contributed by atoms with E-state index in [0.29, 0.717) is 6.42 Å². The summed E-state index contributed by atoms with van der Waals surface area (Å²) >= 11 is 0. The van der Waals surface area contributed by atoms with Crippen LogP contribution in [0.5, 0.6) is 0 Å². The summed E-state index contributed by atoms with van der Waals surface area (Å²) in [6.07, 6.45) is 4.53. The van der Waals surface area contributed by atoms with Crippen LogP contribution in [-0.2, 0) is 14.4 Å². The number of unbranched alkanes of at least 4 members (excludes halogenated alkanes) is 4. The molecule has 0 aliphatic heterocycles. The third kappa shape index (κ3) is 7.53. The summed E-state index contributed by atoms with van der Waals surface area (Å²) in [6.45, 7) is 2.09. The van der Waals surface area contributed by atoms with E-state index in [4.69, 9.17) is 16.8 Å². The second kappa shape index (κ2) is 9.46. The lowest BCUT2D eigenvalue weighted by molar-refractivity contribution is -0.173. The fraction of sp³-hybridized carbons (Fsp3) is 0.750. The zero-order chi connectivity index (χ0) is 14.8. The minimum absolute atomic E-state index is 0.164. The van der Waals surface area contributed by atoms with Gasteiger partial charge in [-0.15, -0.1) is 0 Å². The van der Waals surface area contributed by atoms with Crippen LogP contribution in [0.1, 0.15) is 51.9 Å². The number of carbonyl (C=O) groups excluding carboxylic acids is 3. The molecular formula is C12H23N3O4. The number of hydrogen-bond acceptors (Lipinski definition) is 5. The van der Waals surface area contributed by atoms with Crippen molar-refractivity contribution in [2.45, 2.75) is 51.9 Å². The fourth-order valence-electron chi connectivity index (χ4n) is 1.78. The number of primary amides is 1. The first-order chi connectivity index (χ1) is 8.90. The SMILES string of the molecule is CCCCCCCC(=O)C(CC(N)=O)C(=O)N(N)O. The summed E-state index contributed by atoms with van der Waals surface area (Å²) < 4.78 is 0. The fourth-order valence-corrected chi connectivity index (χ4v) is 1.78. The van der Waals surface area contributed by atoms with Crippen LogP contribution in [-0.4, -0.2) is 28.0 Å². The molecule has 1 unspecified atom stereocenters. The maximum atomic E-state index is 11.8. The molecule has 0 saturated heterocycles. The number of hydroxylamine groups is 1. The summed E-state index contributed by atoms with van der Waals surface area (Å²) in [5.41, 5.74) is 4.98. The molecule has 0 aliphatic carbocycles. The molecule has 0 rings (SSSR count). The molecule has 19 heavy (non-hydrogen) atoms. The standard InChI is InChI=1S/C12H23N3O4/c1-2-3-4-5-6-7-10(16)9(8-11(13)17)12(18)15(14)19/h9,19H,2-8,14H2,1H3,(H2,13,17). The second-order valence-corrected chi connectivity index (χ2v) is 4.54. The highest BCUT2D eigenvalue weighted by atomic mass is 16.5. The minimum atomic E-state index is -1.28. The van der Waals surface area contributed by atoms with Crippen LogP contribution in [0.15, 0.2) is 0 Å². The van der Waals surface area contributed by atoms with Gasteiger partial charge < -0.3 is 5.73 Å². The van der Waals surface area contributed by atoms with Gasteiger partial charge in [-0.1, -0.05) is 32.6 Å². The molecule has 0 aromatic heterocycles. The number of carbonyl (C=O) groups is 3. The van der Waals surface area contributed by atoms with Crippen LogP contribution < -0.4 is 11.6 Å². The van der Waals surface area contributed by atoms with Gasteiger partial charge in [0.2, 0.25) is 5.91 Å². The highest BCUT2D eigenvalue weighted by Gasteiger charge is 2.30. The van der Waals surface area contributed by atoms with Crippen molar-refractivity contribution in [3.8, 4) is 0 Å². The monoisotopic (exact) mass is 273 g/mol. The predicted molar refractivity (Wildman–Crippen MR) is 68.5 cm³/mol. The van der Waals surface area contributed by atoms with Gasteiger partial charge in [-0.05, 0) is 6.42 Å². The summed E-state index contributed by atoms with van der Waals surface area (Å²) in [5, 5.41) is 8.69. The van der Waals surface area contributed by atoms with Gasteiger partial charge in [0.1, 0.15) is 11.7 Å². The van der Waals surface area contributed by atoms with Gasteiger partial charge in [0.25, 0.3) is 5.91 Å². The molecule has 5 N–H and O–H groups in total. The Morgan fingerprint density at radius 2 is 1.74 bits per heavy atom. The second-order valence-electron chi connectivity index (χ2n) is 4.54. The van der Waals surface area contributed by atoms with Crippen molar-refractivity contribution in [3.05, 3.63) is 0 Å². The quantitative estimate of drug-likeness (QED) is 0.133. The van der Waals surface area contributed by atoms with Crippen molar-refractivity contribution in [1.82, 2.24) is 5.17 Å². The van der Waals surface area contributed by atoms with Crippen molar-refractivity contribution in [2.75, 3.05) is 0 Å². The minimum Gasteiger partial charge on any atom is -0.370 e. The molecule has 0 radical (unpaired) electrons.